The molecule has 21 heavy (non-hydrogen) atoms. The molecule has 1 heterocycles. The first kappa shape index (κ1) is 16.0. The van der Waals surface area contributed by atoms with Crippen molar-refractivity contribution in [2.45, 2.75) is 49.8 Å². The SMILES string of the molecule is CCCc1cc(=O)[nH]c(SCC(NC2CC2)C(=O)OC)n1. The third-order valence-electron chi connectivity index (χ3n) is 3.17. The molecular weight excluding hydrogens is 290 g/mol. The van der Waals surface area contributed by atoms with Crippen LogP contribution in [-0.2, 0) is 16.0 Å². The zero-order chi connectivity index (χ0) is 15.2. The van der Waals surface area contributed by atoms with Gasteiger partial charge in [0, 0.05) is 23.6 Å². The molecule has 1 aliphatic carbocycles. The number of rotatable bonds is 8. The molecule has 0 radical (unpaired) electrons. The highest BCUT2D eigenvalue weighted by Gasteiger charge is 2.29. The highest BCUT2D eigenvalue weighted by Crippen LogP contribution is 2.21. The molecule has 0 aliphatic heterocycles. The molecule has 0 bridgehead atoms. The topological polar surface area (TPSA) is 84.1 Å². The minimum absolute atomic E-state index is 0.152. The minimum Gasteiger partial charge on any atom is -0.468 e. The highest BCUT2D eigenvalue weighted by molar-refractivity contribution is 7.99. The Bertz CT molecular complexity index is 543. The van der Waals surface area contributed by atoms with Gasteiger partial charge >= 0.3 is 5.97 Å². The summed E-state index contributed by atoms with van der Waals surface area (Å²) in [5, 5.41) is 3.80. The van der Waals surface area contributed by atoms with Crippen molar-refractivity contribution >= 4 is 17.7 Å². The second-order valence-corrected chi connectivity index (χ2v) is 6.13. The lowest BCUT2D eigenvalue weighted by Crippen LogP contribution is -2.41. The Labute approximate surface area is 128 Å². The number of carbonyl (C=O) groups is 1. The van der Waals surface area contributed by atoms with Gasteiger partial charge in [0.15, 0.2) is 5.16 Å². The van der Waals surface area contributed by atoms with Gasteiger partial charge in [-0.3, -0.25) is 9.59 Å². The Balaban J connectivity index is 1.98. The molecule has 1 aliphatic rings. The van der Waals surface area contributed by atoms with Gasteiger partial charge in [-0.15, -0.1) is 0 Å². The van der Waals surface area contributed by atoms with E-state index in [0.29, 0.717) is 17.0 Å². The van der Waals surface area contributed by atoms with Crippen molar-refractivity contribution in [1.29, 1.82) is 0 Å². The van der Waals surface area contributed by atoms with Gasteiger partial charge in [0.2, 0.25) is 0 Å². The molecule has 1 fully saturated rings. The summed E-state index contributed by atoms with van der Waals surface area (Å²) in [6.45, 7) is 2.04. The van der Waals surface area contributed by atoms with E-state index >= 15 is 0 Å². The molecule has 1 atom stereocenters. The smallest absolute Gasteiger partial charge is 0.323 e. The molecule has 1 aromatic rings. The van der Waals surface area contributed by atoms with Gasteiger partial charge in [-0.25, -0.2) is 4.98 Å². The van der Waals surface area contributed by atoms with Crippen molar-refractivity contribution in [1.82, 2.24) is 15.3 Å². The van der Waals surface area contributed by atoms with Crippen LogP contribution in [0.15, 0.2) is 16.0 Å². The van der Waals surface area contributed by atoms with Gasteiger partial charge in [-0.1, -0.05) is 25.1 Å². The zero-order valence-corrected chi connectivity index (χ0v) is 13.2. The lowest BCUT2D eigenvalue weighted by molar-refractivity contribution is -0.142. The molecule has 0 saturated heterocycles. The van der Waals surface area contributed by atoms with Gasteiger partial charge in [-0.05, 0) is 19.3 Å². The number of nitrogens with one attached hydrogen (secondary N) is 2. The van der Waals surface area contributed by atoms with Gasteiger partial charge < -0.3 is 15.0 Å². The van der Waals surface area contributed by atoms with Crippen LogP contribution < -0.4 is 10.9 Å². The number of ether oxygens (including phenoxy) is 1. The summed E-state index contributed by atoms with van der Waals surface area (Å²) in [5.41, 5.74) is 0.634. The van der Waals surface area contributed by atoms with E-state index in [-0.39, 0.29) is 17.6 Å². The number of H-pyrrole nitrogens is 1. The second kappa shape index (κ2) is 7.61. The number of methoxy groups -OCH3 is 1. The summed E-state index contributed by atoms with van der Waals surface area (Å²) in [7, 11) is 1.39. The van der Waals surface area contributed by atoms with Crippen molar-refractivity contribution in [3.05, 3.63) is 22.1 Å². The fraction of sp³-hybridized carbons (Fsp3) is 0.643. The molecule has 116 valence electrons. The monoisotopic (exact) mass is 311 g/mol. The number of aryl methyl sites for hydroxylation is 1. The summed E-state index contributed by atoms with van der Waals surface area (Å²) in [5.74, 6) is 0.211. The number of nitrogens with zero attached hydrogens (tertiary/aromatic N) is 1. The maximum atomic E-state index is 11.7. The Morgan fingerprint density at radius 3 is 3.00 bits per heavy atom. The van der Waals surface area contributed by atoms with E-state index in [0.717, 1.165) is 31.4 Å². The maximum absolute atomic E-state index is 11.7. The van der Waals surface area contributed by atoms with E-state index in [9.17, 15) is 9.59 Å². The molecule has 2 N–H and O–H groups in total. The van der Waals surface area contributed by atoms with Gasteiger partial charge in [-0.2, -0.15) is 0 Å². The fourth-order valence-electron chi connectivity index (χ4n) is 1.96. The Hall–Kier alpha value is -1.34. The average molecular weight is 311 g/mol. The van der Waals surface area contributed by atoms with Gasteiger partial charge in [0.1, 0.15) is 6.04 Å². The summed E-state index contributed by atoms with van der Waals surface area (Å²) >= 11 is 1.37. The van der Waals surface area contributed by atoms with Crippen molar-refractivity contribution in [3.63, 3.8) is 0 Å². The largest absolute Gasteiger partial charge is 0.468 e. The third-order valence-corrected chi connectivity index (χ3v) is 4.13. The number of aromatic nitrogens is 2. The molecule has 2 rings (SSSR count). The van der Waals surface area contributed by atoms with Gasteiger partial charge in [0.05, 0.1) is 7.11 Å². The number of hydrogen-bond acceptors (Lipinski definition) is 6. The summed E-state index contributed by atoms with van der Waals surface area (Å²) in [6.07, 6.45) is 3.91. The van der Waals surface area contributed by atoms with Crippen molar-refractivity contribution in [2.24, 2.45) is 0 Å². The van der Waals surface area contributed by atoms with Crippen molar-refractivity contribution in [3.8, 4) is 0 Å². The predicted molar refractivity (Wildman–Crippen MR) is 81.5 cm³/mol. The quantitative estimate of drug-likeness (QED) is 0.425. The summed E-state index contributed by atoms with van der Waals surface area (Å²) in [6, 6.07) is 1.56. The highest BCUT2D eigenvalue weighted by atomic mass is 32.2. The van der Waals surface area contributed by atoms with Crippen LogP contribution in [-0.4, -0.2) is 40.9 Å². The first-order chi connectivity index (χ1) is 10.1. The molecule has 1 aromatic heterocycles. The Morgan fingerprint density at radius 1 is 1.62 bits per heavy atom. The van der Waals surface area contributed by atoms with E-state index in [1.54, 1.807) is 0 Å². The number of esters is 1. The van der Waals surface area contributed by atoms with Crippen LogP contribution in [0.3, 0.4) is 0 Å². The lowest BCUT2D eigenvalue weighted by Gasteiger charge is -2.15. The predicted octanol–water partition coefficient (Wildman–Crippen LogP) is 1.11. The molecule has 1 saturated carbocycles. The van der Waals surface area contributed by atoms with E-state index in [1.807, 2.05) is 6.92 Å². The molecule has 7 heteroatoms. The van der Waals surface area contributed by atoms with E-state index in [4.69, 9.17) is 4.74 Å². The Kier molecular flexibility index (Phi) is 5.81. The number of thioether (sulfide) groups is 1. The van der Waals surface area contributed by atoms with Crippen LogP contribution in [0.1, 0.15) is 31.9 Å². The zero-order valence-electron chi connectivity index (χ0n) is 12.3. The van der Waals surface area contributed by atoms with Crippen LogP contribution >= 0.6 is 11.8 Å². The number of aromatic amines is 1. The molecule has 0 spiro atoms. The lowest BCUT2D eigenvalue weighted by atomic mass is 10.2. The number of carbonyl (C=O) groups excluding carboxylic acids is 1. The van der Waals surface area contributed by atoms with Crippen LogP contribution in [0.25, 0.3) is 0 Å². The summed E-state index contributed by atoms with van der Waals surface area (Å²) in [4.78, 5) is 30.4. The van der Waals surface area contributed by atoms with Gasteiger partial charge in [0.25, 0.3) is 5.56 Å². The standard InChI is InChI=1S/C14H21N3O3S/c1-3-4-10-7-12(18)17-14(16-10)21-8-11(13(19)20-2)15-9-5-6-9/h7,9,11,15H,3-6,8H2,1-2H3,(H,16,17,18). The first-order valence-electron chi connectivity index (χ1n) is 7.19. The van der Waals surface area contributed by atoms with Crippen LogP contribution in [0.2, 0.25) is 0 Å². The van der Waals surface area contributed by atoms with Crippen LogP contribution in [0, 0.1) is 0 Å². The maximum Gasteiger partial charge on any atom is 0.323 e. The van der Waals surface area contributed by atoms with Crippen molar-refractivity contribution < 1.29 is 9.53 Å². The molecule has 6 nitrogen and oxygen atoms in total. The fourth-order valence-corrected chi connectivity index (χ4v) is 2.87. The molecule has 0 amide bonds. The van der Waals surface area contributed by atoms with Crippen LogP contribution in [0.5, 0.6) is 0 Å². The minimum atomic E-state index is -0.368. The number of hydrogen-bond donors (Lipinski definition) is 2. The van der Waals surface area contributed by atoms with E-state index < -0.39 is 0 Å². The van der Waals surface area contributed by atoms with Crippen molar-refractivity contribution in [2.75, 3.05) is 12.9 Å². The third kappa shape index (κ3) is 5.17. The molecule has 1 unspecified atom stereocenters. The average Bonchev–Trinajstić information content (AvgIpc) is 3.26. The first-order valence-corrected chi connectivity index (χ1v) is 8.18. The normalized spacial score (nSPS) is 15.7. The summed E-state index contributed by atoms with van der Waals surface area (Å²) < 4.78 is 4.81. The molecular formula is C14H21N3O3S. The van der Waals surface area contributed by atoms with Crippen LogP contribution in [0.4, 0.5) is 0 Å². The Morgan fingerprint density at radius 2 is 2.38 bits per heavy atom. The second-order valence-electron chi connectivity index (χ2n) is 5.12. The van der Waals surface area contributed by atoms with E-state index in [2.05, 4.69) is 15.3 Å². The van der Waals surface area contributed by atoms with E-state index in [1.165, 1.54) is 24.9 Å². The molecule has 0 aromatic carbocycles.